The number of benzene rings is 1. The molecule has 2 N–H and O–H groups in total. The third-order valence-corrected chi connectivity index (χ3v) is 3.86. The van der Waals surface area contributed by atoms with E-state index in [9.17, 15) is 8.42 Å². The molecule has 1 aromatic carbocycles. The number of sulfonamides is 1. The van der Waals surface area contributed by atoms with Gasteiger partial charge in [-0.25, -0.2) is 8.42 Å². The summed E-state index contributed by atoms with van der Waals surface area (Å²) in [6, 6.07) is 9.04. The van der Waals surface area contributed by atoms with E-state index in [2.05, 4.69) is 0 Å². The van der Waals surface area contributed by atoms with E-state index in [4.69, 9.17) is 10.2 Å². The van der Waals surface area contributed by atoms with Gasteiger partial charge in [0.15, 0.2) is 0 Å². The second-order valence-electron chi connectivity index (χ2n) is 3.60. The highest BCUT2D eigenvalue weighted by Gasteiger charge is 2.17. The van der Waals surface area contributed by atoms with Crippen LogP contribution >= 0.6 is 0 Å². The second-order valence-corrected chi connectivity index (χ2v) is 5.42. The lowest BCUT2D eigenvalue weighted by Crippen LogP contribution is -2.34. The minimum absolute atomic E-state index is 0.0258. The van der Waals surface area contributed by atoms with Crippen molar-refractivity contribution in [3.05, 3.63) is 41.3 Å². The molecule has 0 saturated heterocycles. The summed E-state index contributed by atoms with van der Waals surface area (Å²) in [5, 5.41) is 18.7. The standard InChI is InChI=1S/C12H17NO4S/c14-9-7-13(8-10-15)18(16,17)11-6-12-4-2-1-3-5-12/h1-6,11,14-15H,7-10H2/b11-6+. The van der Waals surface area contributed by atoms with Crippen LogP contribution in [0.3, 0.4) is 0 Å². The number of rotatable bonds is 7. The molecule has 5 nitrogen and oxygen atoms in total. The molecule has 100 valence electrons. The van der Waals surface area contributed by atoms with Crippen molar-refractivity contribution in [1.82, 2.24) is 4.31 Å². The fraction of sp³-hybridized carbons (Fsp3) is 0.333. The van der Waals surface area contributed by atoms with Crippen LogP contribution in [0.4, 0.5) is 0 Å². The van der Waals surface area contributed by atoms with E-state index in [1.807, 2.05) is 18.2 Å². The molecule has 0 spiro atoms. The molecule has 0 unspecified atom stereocenters. The van der Waals surface area contributed by atoms with E-state index >= 15 is 0 Å². The molecule has 0 aliphatic heterocycles. The van der Waals surface area contributed by atoms with Crippen molar-refractivity contribution in [1.29, 1.82) is 0 Å². The number of aliphatic hydroxyl groups is 2. The minimum Gasteiger partial charge on any atom is -0.395 e. The second kappa shape index (κ2) is 7.27. The quantitative estimate of drug-likeness (QED) is 0.746. The zero-order valence-electron chi connectivity index (χ0n) is 9.94. The summed E-state index contributed by atoms with van der Waals surface area (Å²) in [6.45, 7) is -0.610. The summed E-state index contributed by atoms with van der Waals surface area (Å²) in [4.78, 5) is 0. The molecule has 1 rings (SSSR count). The van der Waals surface area contributed by atoms with Crippen molar-refractivity contribution < 1.29 is 18.6 Å². The van der Waals surface area contributed by atoms with Gasteiger partial charge in [0.1, 0.15) is 0 Å². The largest absolute Gasteiger partial charge is 0.395 e. The van der Waals surface area contributed by atoms with Gasteiger partial charge in [0.2, 0.25) is 10.0 Å². The van der Waals surface area contributed by atoms with Crippen molar-refractivity contribution in [2.45, 2.75) is 0 Å². The topological polar surface area (TPSA) is 77.8 Å². The van der Waals surface area contributed by atoms with Crippen LogP contribution in [0.25, 0.3) is 6.08 Å². The maximum absolute atomic E-state index is 11.9. The molecule has 0 atom stereocenters. The molecule has 0 amide bonds. The van der Waals surface area contributed by atoms with Gasteiger partial charge in [-0.05, 0) is 11.6 Å². The first-order valence-electron chi connectivity index (χ1n) is 5.55. The van der Waals surface area contributed by atoms with E-state index in [0.717, 1.165) is 15.3 Å². The van der Waals surface area contributed by atoms with Gasteiger partial charge >= 0.3 is 0 Å². The Bertz CT molecular complexity index is 464. The van der Waals surface area contributed by atoms with Gasteiger partial charge in [0, 0.05) is 18.5 Å². The molecular formula is C12H17NO4S. The Morgan fingerprint density at radius 1 is 1.06 bits per heavy atom. The number of aliphatic hydroxyl groups excluding tert-OH is 2. The fourth-order valence-corrected chi connectivity index (χ4v) is 2.58. The van der Waals surface area contributed by atoms with Crippen LogP contribution in [-0.2, 0) is 10.0 Å². The summed E-state index contributed by atoms with van der Waals surface area (Å²) in [5.41, 5.74) is 0.772. The van der Waals surface area contributed by atoms with Crippen molar-refractivity contribution in [2.24, 2.45) is 0 Å². The van der Waals surface area contributed by atoms with Crippen LogP contribution in [0.1, 0.15) is 5.56 Å². The van der Waals surface area contributed by atoms with Gasteiger partial charge in [0.05, 0.1) is 13.2 Å². The molecule has 18 heavy (non-hydrogen) atoms. The fourth-order valence-electron chi connectivity index (χ4n) is 1.40. The van der Waals surface area contributed by atoms with Crippen LogP contribution in [-0.4, -0.2) is 49.2 Å². The van der Waals surface area contributed by atoms with Gasteiger partial charge in [-0.3, -0.25) is 0 Å². The predicted molar refractivity (Wildman–Crippen MR) is 70.1 cm³/mol. The van der Waals surface area contributed by atoms with Crippen LogP contribution in [0.5, 0.6) is 0 Å². The molecule has 0 saturated carbocycles. The summed E-state index contributed by atoms with van der Waals surface area (Å²) in [5.74, 6) is 0. The minimum atomic E-state index is -3.61. The number of hydrogen-bond donors (Lipinski definition) is 2. The van der Waals surface area contributed by atoms with Gasteiger partial charge < -0.3 is 10.2 Å². The van der Waals surface area contributed by atoms with Crippen molar-refractivity contribution in [3.8, 4) is 0 Å². The molecule has 0 heterocycles. The molecule has 0 fully saturated rings. The van der Waals surface area contributed by atoms with Crippen LogP contribution in [0, 0.1) is 0 Å². The van der Waals surface area contributed by atoms with Gasteiger partial charge in [-0.15, -0.1) is 0 Å². The third-order valence-electron chi connectivity index (χ3n) is 2.29. The summed E-state index contributed by atoms with van der Waals surface area (Å²) in [7, 11) is -3.61. The molecule has 0 aromatic heterocycles. The average Bonchev–Trinajstić information content (AvgIpc) is 2.37. The lowest BCUT2D eigenvalue weighted by Gasteiger charge is -2.17. The van der Waals surface area contributed by atoms with E-state index in [1.165, 1.54) is 6.08 Å². The highest BCUT2D eigenvalue weighted by Crippen LogP contribution is 2.07. The van der Waals surface area contributed by atoms with E-state index in [0.29, 0.717) is 0 Å². The monoisotopic (exact) mass is 271 g/mol. The first kappa shape index (κ1) is 14.8. The van der Waals surface area contributed by atoms with Crippen LogP contribution in [0.2, 0.25) is 0 Å². The highest BCUT2D eigenvalue weighted by molar-refractivity contribution is 7.92. The predicted octanol–water partition coefficient (Wildman–Crippen LogP) is 0.274. The van der Waals surface area contributed by atoms with Crippen LogP contribution < -0.4 is 0 Å². The Balaban J connectivity index is 2.82. The van der Waals surface area contributed by atoms with Crippen molar-refractivity contribution in [2.75, 3.05) is 26.3 Å². The SMILES string of the molecule is O=S(=O)(/C=C/c1ccccc1)N(CCO)CCO. The summed E-state index contributed by atoms with van der Waals surface area (Å²) < 4.78 is 24.8. The Labute approximate surface area is 107 Å². The van der Waals surface area contributed by atoms with Crippen LogP contribution in [0.15, 0.2) is 35.7 Å². The first-order valence-corrected chi connectivity index (χ1v) is 7.05. The van der Waals surface area contributed by atoms with Gasteiger partial charge in [-0.2, -0.15) is 4.31 Å². The molecule has 0 aliphatic rings. The lowest BCUT2D eigenvalue weighted by atomic mass is 10.2. The van der Waals surface area contributed by atoms with E-state index in [1.54, 1.807) is 12.1 Å². The average molecular weight is 271 g/mol. The molecule has 6 heteroatoms. The normalized spacial score (nSPS) is 12.4. The molecular weight excluding hydrogens is 254 g/mol. The first-order chi connectivity index (χ1) is 8.60. The molecule has 0 aliphatic carbocycles. The third kappa shape index (κ3) is 4.58. The maximum atomic E-state index is 11.9. The molecule has 0 bridgehead atoms. The smallest absolute Gasteiger partial charge is 0.236 e. The highest BCUT2D eigenvalue weighted by atomic mass is 32.2. The van der Waals surface area contributed by atoms with E-state index in [-0.39, 0.29) is 26.3 Å². The Morgan fingerprint density at radius 3 is 2.11 bits per heavy atom. The van der Waals surface area contributed by atoms with Crippen molar-refractivity contribution >= 4 is 16.1 Å². The Morgan fingerprint density at radius 2 is 1.61 bits per heavy atom. The van der Waals surface area contributed by atoms with Crippen molar-refractivity contribution in [3.63, 3.8) is 0 Å². The van der Waals surface area contributed by atoms with Gasteiger partial charge in [-0.1, -0.05) is 30.3 Å². The number of hydrogen-bond acceptors (Lipinski definition) is 4. The summed E-state index contributed by atoms with van der Waals surface area (Å²) >= 11 is 0. The zero-order chi connectivity index (χ0) is 13.4. The Kier molecular flexibility index (Phi) is 6.00. The molecule has 1 aromatic rings. The van der Waals surface area contributed by atoms with Gasteiger partial charge in [0.25, 0.3) is 0 Å². The lowest BCUT2D eigenvalue weighted by molar-refractivity contribution is 0.218. The molecule has 0 radical (unpaired) electrons. The summed E-state index contributed by atoms with van der Waals surface area (Å²) in [6.07, 6.45) is 1.48. The number of nitrogens with zero attached hydrogens (tertiary/aromatic N) is 1. The van der Waals surface area contributed by atoms with E-state index < -0.39 is 10.0 Å². The maximum Gasteiger partial charge on any atom is 0.236 e. The zero-order valence-corrected chi connectivity index (χ0v) is 10.8. The Hall–Kier alpha value is -1.21.